The zero-order valence-corrected chi connectivity index (χ0v) is 15.7. The van der Waals surface area contributed by atoms with Gasteiger partial charge < -0.3 is 11.1 Å². The number of nitro benzene ring substituents is 1. The van der Waals surface area contributed by atoms with Crippen LogP contribution in [0.25, 0.3) is 0 Å². The Morgan fingerprint density at radius 2 is 1.80 bits per heavy atom. The van der Waals surface area contributed by atoms with Gasteiger partial charge in [-0.3, -0.25) is 14.9 Å². The average Bonchev–Trinajstić information content (AvgIpc) is 2.55. The van der Waals surface area contributed by atoms with E-state index in [2.05, 4.69) is 5.32 Å². The quantitative estimate of drug-likeness (QED) is 0.590. The number of benzene rings is 1. The van der Waals surface area contributed by atoms with E-state index in [1.54, 1.807) is 12.1 Å². The van der Waals surface area contributed by atoms with E-state index in [1.807, 2.05) is 13.8 Å². The number of nitrogens with two attached hydrogens (primary N) is 1. The lowest BCUT2D eigenvalue weighted by Crippen LogP contribution is -2.45. The summed E-state index contributed by atoms with van der Waals surface area (Å²) >= 11 is 0. The lowest BCUT2D eigenvalue weighted by Gasteiger charge is -2.37. The van der Waals surface area contributed by atoms with Crippen LogP contribution in [0.5, 0.6) is 0 Å². The highest BCUT2D eigenvalue weighted by Gasteiger charge is 2.34. The van der Waals surface area contributed by atoms with Crippen molar-refractivity contribution in [2.75, 3.05) is 6.54 Å². The number of nitrogens with one attached hydrogen (secondary N) is 1. The van der Waals surface area contributed by atoms with Crippen LogP contribution in [-0.2, 0) is 10.3 Å². The minimum atomic E-state index is -0.587. The Balaban J connectivity index is 0.00000312. The molecule has 2 rings (SSSR count). The van der Waals surface area contributed by atoms with Gasteiger partial charge in [-0.25, -0.2) is 0 Å². The summed E-state index contributed by atoms with van der Waals surface area (Å²) in [7, 11) is 0. The molecule has 1 aliphatic carbocycles. The average molecular weight is 370 g/mol. The maximum Gasteiger partial charge on any atom is 0.269 e. The van der Waals surface area contributed by atoms with Gasteiger partial charge >= 0.3 is 0 Å². The maximum atomic E-state index is 12.6. The molecule has 0 saturated heterocycles. The van der Waals surface area contributed by atoms with Gasteiger partial charge in [0.05, 0.1) is 10.5 Å². The molecule has 1 aromatic carbocycles. The van der Waals surface area contributed by atoms with E-state index in [4.69, 9.17) is 5.73 Å². The number of non-ortho nitro benzene ring substituents is 1. The molecule has 6 nitrogen and oxygen atoms in total. The molecule has 3 N–H and O–H groups in total. The summed E-state index contributed by atoms with van der Waals surface area (Å²) in [6.07, 6.45) is 5.95. The van der Waals surface area contributed by atoms with Gasteiger partial charge in [0.2, 0.25) is 5.91 Å². The first-order valence-corrected chi connectivity index (χ1v) is 8.54. The molecule has 1 amide bonds. The van der Waals surface area contributed by atoms with Gasteiger partial charge in [-0.2, -0.15) is 0 Å². The molecular formula is C18H28ClN3O3. The molecule has 0 radical (unpaired) electrons. The monoisotopic (exact) mass is 369 g/mol. The van der Waals surface area contributed by atoms with E-state index >= 15 is 0 Å². The molecule has 140 valence electrons. The third kappa shape index (κ3) is 5.41. The summed E-state index contributed by atoms with van der Waals surface area (Å²) < 4.78 is 0. The Morgan fingerprint density at radius 3 is 2.28 bits per heavy atom. The van der Waals surface area contributed by atoms with E-state index in [1.165, 1.54) is 18.6 Å². The number of nitrogens with zero attached hydrogens (tertiary/aromatic N) is 1. The van der Waals surface area contributed by atoms with Crippen molar-refractivity contribution in [1.29, 1.82) is 0 Å². The molecule has 1 aromatic rings. The fourth-order valence-electron chi connectivity index (χ4n) is 3.56. The van der Waals surface area contributed by atoms with Crippen molar-refractivity contribution in [2.45, 2.75) is 57.9 Å². The van der Waals surface area contributed by atoms with Crippen LogP contribution in [0.3, 0.4) is 0 Å². The Kier molecular flexibility index (Phi) is 7.38. The van der Waals surface area contributed by atoms with Gasteiger partial charge in [0.25, 0.3) is 5.69 Å². The van der Waals surface area contributed by atoms with Gasteiger partial charge in [-0.05, 0) is 56.3 Å². The second kappa shape index (κ2) is 8.63. The SMILES string of the molecule is CC(C)(NC(=O)CC1(CN)CCCCC1)c1ccc([N+](=O)[O-])cc1.Cl. The Bertz CT molecular complexity index is 596. The largest absolute Gasteiger partial charge is 0.347 e. The fraction of sp³-hybridized carbons (Fsp3) is 0.611. The molecule has 0 aliphatic heterocycles. The van der Waals surface area contributed by atoms with E-state index in [0.29, 0.717) is 13.0 Å². The lowest BCUT2D eigenvalue weighted by atomic mass is 9.71. The van der Waals surface area contributed by atoms with Crippen LogP contribution in [0.1, 0.15) is 57.9 Å². The third-order valence-electron chi connectivity index (χ3n) is 5.13. The maximum absolute atomic E-state index is 12.6. The first kappa shape index (κ1) is 21.4. The van der Waals surface area contributed by atoms with Crippen molar-refractivity contribution in [3.05, 3.63) is 39.9 Å². The van der Waals surface area contributed by atoms with E-state index in [0.717, 1.165) is 31.2 Å². The highest BCUT2D eigenvalue weighted by molar-refractivity contribution is 5.85. The van der Waals surface area contributed by atoms with Crippen molar-refractivity contribution in [3.8, 4) is 0 Å². The molecule has 0 heterocycles. The number of hydrogen-bond acceptors (Lipinski definition) is 4. The van der Waals surface area contributed by atoms with Gasteiger partial charge in [0.15, 0.2) is 0 Å². The van der Waals surface area contributed by atoms with Crippen molar-refractivity contribution in [3.63, 3.8) is 0 Å². The smallest absolute Gasteiger partial charge is 0.269 e. The normalized spacial score (nSPS) is 16.6. The summed E-state index contributed by atoms with van der Waals surface area (Å²) in [5.41, 5.74) is 6.19. The van der Waals surface area contributed by atoms with Crippen molar-refractivity contribution in [1.82, 2.24) is 5.32 Å². The molecule has 25 heavy (non-hydrogen) atoms. The molecule has 1 aliphatic rings. The zero-order chi connectivity index (χ0) is 17.8. The van der Waals surface area contributed by atoms with E-state index in [9.17, 15) is 14.9 Å². The van der Waals surface area contributed by atoms with Crippen LogP contribution in [0.4, 0.5) is 5.69 Å². The zero-order valence-electron chi connectivity index (χ0n) is 14.9. The first-order valence-electron chi connectivity index (χ1n) is 8.54. The second-order valence-corrected chi connectivity index (χ2v) is 7.42. The molecule has 0 bridgehead atoms. The molecule has 7 heteroatoms. The van der Waals surface area contributed by atoms with Crippen molar-refractivity contribution >= 4 is 24.0 Å². The Morgan fingerprint density at radius 1 is 1.24 bits per heavy atom. The van der Waals surface area contributed by atoms with Gasteiger partial charge in [0.1, 0.15) is 0 Å². The van der Waals surface area contributed by atoms with Crippen LogP contribution < -0.4 is 11.1 Å². The van der Waals surface area contributed by atoms with E-state index < -0.39 is 10.5 Å². The van der Waals surface area contributed by atoms with Crippen molar-refractivity contribution < 1.29 is 9.72 Å². The Hall–Kier alpha value is -1.66. The summed E-state index contributed by atoms with van der Waals surface area (Å²) in [6, 6.07) is 6.31. The van der Waals surface area contributed by atoms with Crippen molar-refractivity contribution in [2.24, 2.45) is 11.1 Å². The number of carbonyl (C=O) groups is 1. The first-order chi connectivity index (χ1) is 11.3. The standard InChI is InChI=1S/C18H27N3O3.ClH/c1-17(2,14-6-8-15(9-7-14)21(23)24)20-16(22)12-18(13-19)10-4-3-5-11-18;/h6-9H,3-5,10-13,19H2,1-2H3,(H,20,22);1H. The third-order valence-corrected chi connectivity index (χ3v) is 5.13. The van der Waals surface area contributed by atoms with Gasteiger partial charge in [0, 0.05) is 18.6 Å². The Labute approximate surface area is 155 Å². The molecule has 0 unspecified atom stereocenters. The number of nitro groups is 1. The predicted molar refractivity (Wildman–Crippen MR) is 101 cm³/mol. The van der Waals surface area contributed by atoms with Crippen LogP contribution in [0.2, 0.25) is 0 Å². The lowest BCUT2D eigenvalue weighted by molar-refractivity contribution is -0.384. The molecule has 0 atom stereocenters. The van der Waals surface area contributed by atoms with Crippen LogP contribution in [0, 0.1) is 15.5 Å². The van der Waals surface area contributed by atoms with Gasteiger partial charge in [-0.1, -0.05) is 19.3 Å². The highest BCUT2D eigenvalue weighted by atomic mass is 35.5. The number of carbonyl (C=O) groups excluding carboxylic acids is 1. The molecule has 0 spiro atoms. The summed E-state index contributed by atoms with van der Waals surface area (Å²) in [4.78, 5) is 22.9. The van der Waals surface area contributed by atoms with Crippen LogP contribution >= 0.6 is 12.4 Å². The summed E-state index contributed by atoms with van der Waals surface area (Å²) in [5, 5.41) is 13.8. The molecule has 1 fully saturated rings. The summed E-state index contributed by atoms with van der Waals surface area (Å²) in [6.45, 7) is 4.35. The summed E-state index contributed by atoms with van der Waals surface area (Å²) in [5.74, 6) is -0.00861. The fourth-order valence-corrected chi connectivity index (χ4v) is 3.56. The van der Waals surface area contributed by atoms with Crippen LogP contribution in [0.15, 0.2) is 24.3 Å². The highest BCUT2D eigenvalue weighted by Crippen LogP contribution is 2.38. The van der Waals surface area contributed by atoms with E-state index in [-0.39, 0.29) is 29.4 Å². The molecule has 1 saturated carbocycles. The predicted octanol–water partition coefficient (Wildman–Crippen LogP) is 3.67. The minimum Gasteiger partial charge on any atom is -0.347 e. The number of amides is 1. The molecule has 0 aromatic heterocycles. The molecular weight excluding hydrogens is 342 g/mol. The topological polar surface area (TPSA) is 98.3 Å². The number of rotatable bonds is 6. The van der Waals surface area contributed by atoms with Gasteiger partial charge in [-0.15, -0.1) is 12.4 Å². The van der Waals surface area contributed by atoms with Crippen LogP contribution in [-0.4, -0.2) is 17.4 Å². The second-order valence-electron chi connectivity index (χ2n) is 7.42. The minimum absolute atomic E-state index is 0. The number of halogens is 1. The number of hydrogen-bond donors (Lipinski definition) is 2.